The minimum absolute atomic E-state index is 0.0934. The van der Waals surface area contributed by atoms with Gasteiger partial charge in [0.1, 0.15) is 11.6 Å². The van der Waals surface area contributed by atoms with Crippen LogP contribution in [-0.4, -0.2) is 23.5 Å². The Morgan fingerprint density at radius 3 is 2.35 bits per heavy atom. The van der Waals surface area contributed by atoms with Crippen molar-refractivity contribution in [1.29, 1.82) is 0 Å². The second-order valence-electron chi connectivity index (χ2n) is 6.22. The Balaban J connectivity index is 1.89. The lowest BCUT2D eigenvalue weighted by molar-refractivity contribution is -0.138. The Bertz CT molecular complexity index is 762. The quantitative estimate of drug-likeness (QED) is 0.756. The number of carboxylic acids is 1. The number of halogens is 2. The number of carbonyl (C=O) groups excluding carboxylic acids is 1. The van der Waals surface area contributed by atoms with E-state index in [1.165, 1.54) is 30.3 Å². The number of aliphatic carboxylic acids is 1. The van der Waals surface area contributed by atoms with Crippen LogP contribution in [0, 0.1) is 17.6 Å². The largest absolute Gasteiger partial charge is 0.481 e. The van der Waals surface area contributed by atoms with Crippen molar-refractivity contribution in [1.82, 2.24) is 5.32 Å². The number of amides is 1. The van der Waals surface area contributed by atoms with E-state index in [4.69, 9.17) is 0 Å². The molecule has 0 aliphatic carbocycles. The third-order valence-corrected chi connectivity index (χ3v) is 4.30. The molecule has 0 radical (unpaired) electrons. The molecule has 138 valence electrons. The van der Waals surface area contributed by atoms with Crippen LogP contribution in [0.4, 0.5) is 8.78 Å². The molecule has 2 unspecified atom stereocenters. The molecular formula is C20H21F2NO3. The lowest BCUT2D eigenvalue weighted by atomic mass is 9.97. The van der Waals surface area contributed by atoms with Crippen LogP contribution in [-0.2, 0) is 16.0 Å². The zero-order chi connectivity index (χ0) is 19.1. The molecule has 0 spiro atoms. The molecule has 2 aromatic carbocycles. The molecule has 2 rings (SSSR count). The first-order chi connectivity index (χ1) is 12.4. The first-order valence-electron chi connectivity index (χ1n) is 8.38. The van der Waals surface area contributed by atoms with E-state index < -0.39 is 23.6 Å². The van der Waals surface area contributed by atoms with E-state index in [1.807, 2.05) is 0 Å². The summed E-state index contributed by atoms with van der Waals surface area (Å²) < 4.78 is 26.6. The standard InChI is InChI=1S/C20H21F2NO3/c1-13(6-7-15-4-2-3-5-18(15)22)19(24)23-12-17(20(25)26)14-8-10-16(21)11-9-14/h2-5,8-11,13,17H,6-7,12H2,1H3,(H,23,24)(H,25,26). The van der Waals surface area contributed by atoms with Crippen molar-refractivity contribution in [3.63, 3.8) is 0 Å². The summed E-state index contributed by atoms with van der Waals surface area (Å²) in [5.41, 5.74) is 0.958. The number of carboxylic acid groups (broad SMARTS) is 1. The van der Waals surface area contributed by atoms with Gasteiger partial charge in [-0.15, -0.1) is 0 Å². The van der Waals surface area contributed by atoms with Gasteiger partial charge in [0.15, 0.2) is 0 Å². The van der Waals surface area contributed by atoms with E-state index in [0.717, 1.165) is 0 Å². The van der Waals surface area contributed by atoms with Gasteiger partial charge in [-0.1, -0.05) is 37.3 Å². The van der Waals surface area contributed by atoms with E-state index in [9.17, 15) is 23.5 Å². The molecule has 26 heavy (non-hydrogen) atoms. The summed E-state index contributed by atoms with van der Waals surface area (Å²) in [6, 6.07) is 11.5. The molecule has 0 aromatic heterocycles. The molecule has 2 N–H and O–H groups in total. The fourth-order valence-electron chi connectivity index (χ4n) is 2.62. The van der Waals surface area contributed by atoms with Gasteiger partial charge in [-0.3, -0.25) is 9.59 Å². The molecular weight excluding hydrogens is 340 g/mol. The molecule has 0 aliphatic heterocycles. The number of rotatable bonds is 8. The SMILES string of the molecule is CC(CCc1ccccc1F)C(=O)NCC(C(=O)O)c1ccc(F)cc1. The summed E-state index contributed by atoms with van der Waals surface area (Å²) in [7, 11) is 0. The van der Waals surface area contributed by atoms with Crippen LogP contribution in [0.25, 0.3) is 0 Å². The summed E-state index contributed by atoms with van der Waals surface area (Å²) in [5.74, 6) is -3.51. The number of hydrogen-bond acceptors (Lipinski definition) is 2. The van der Waals surface area contributed by atoms with Gasteiger partial charge in [-0.25, -0.2) is 8.78 Å². The normalized spacial score (nSPS) is 13.0. The van der Waals surface area contributed by atoms with Crippen LogP contribution in [0.2, 0.25) is 0 Å². The van der Waals surface area contributed by atoms with E-state index >= 15 is 0 Å². The Labute approximate surface area is 150 Å². The highest BCUT2D eigenvalue weighted by molar-refractivity contribution is 5.81. The van der Waals surface area contributed by atoms with Crippen LogP contribution in [0.5, 0.6) is 0 Å². The van der Waals surface area contributed by atoms with Crippen molar-refractivity contribution in [2.45, 2.75) is 25.7 Å². The highest BCUT2D eigenvalue weighted by Gasteiger charge is 2.22. The van der Waals surface area contributed by atoms with Crippen molar-refractivity contribution in [3.8, 4) is 0 Å². The van der Waals surface area contributed by atoms with E-state index in [-0.39, 0.29) is 18.3 Å². The minimum Gasteiger partial charge on any atom is -0.481 e. The van der Waals surface area contributed by atoms with Gasteiger partial charge in [-0.2, -0.15) is 0 Å². The molecule has 1 amide bonds. The average molecular weight is 361 g/mol. The average Bonchev–Trinajstić information content (AvgIpc) is 2.62. The van der Waals surface area contributed by atoms with Crippen molar-refractivity contribution >= 4 is 11.9 Å². The number of benzene rings is 2. The summed E-state index contributed by atoms with van der Waals surface area (Å²) >= 11 is 0. The molecule has 2 atom stereocenters. The fraction of sp³-hybridized carbons (Fsp3) is 0.300. The summed E-state index contributed by atoms with van der Waals surface area (Å²) in [5, 5.41) is 12.0. The molecule has 0 heterocycles. The van der Waals surface area contributed by atoms with Crippen LogP contribution >= 0.6 is 0 Å². The predicted octanol–water partition coefficient (Wildman–Crippen LogP) is 3.52. The Morgan fingerprint density at radius 1 is 1.08 bits per heavy atom. The van der Waals surface area contributed by atoms with Gasteiger partial charge in [0, 0.05) is 12.5 Å². The fourth-order valence-corrected chi connectivity index (χ4v) is 2.62. The topological polar surface area (TPSA) is 66.4 Å². The van der Waals surface area contributed by atoms with E-state index in [0.29, 0.717) is 24.0 Å². The summed E-state index contributed by atoms with van der Waals surface area (Å²) in [4.78, 5) is 23.6. The van der Waals surface area contributed by atoms with Crippen LogP contribution in [0.15, 0.2) is 48.5 Å². The Morgan fingerprint density at radius 2 is 1.73 bits per heavy atom. The summed E-state index contributed by atoms with van der Waals surface area (Å²) in [6.07, 6.45) is 0.864. The third-order valence-electron chi connectivity index (χ3n) is 4.30. The maximum atomic E-state index is 13.6. The monoisotopic (exact) mass is 361 g/mol. The molecule has 0 saturated carbocycles. The van der Waals surface area contributed by atoms with Gasteiger partial charge >= 0.3 is 5.97 Å². The van der Waals surface area contributed by atoms with E-state index in [1.54, 1.807) is 25.1 Å². The number of aryl methyl sites for hydroxylation is 1. The zero-order valence-corrected chi connectivity index (χ0v) is 14.4. The van der Waals surface area contributed by atoms with Crippen molar-refractivity contribution in [2.75, 3.05) is 6.54 Å². The van der Waals surface area contributed by atoms with Gasteiger partial charge in [0.25, 0.3) is 0 Å². The molecule has 4 nitrogen and oxygen atoms in total. The number of carbonyl (C=O) groups is 2. The molecule has 0 aliphatic rings. The van der Waals surface area contributed by atoms with Gasteiger partial charge in [0.05, 0.1) is 5.92 Å². The van der Waals surface area contributed by atoms with Crippen molar-refractivity contribution in [2.24, 2.45) is 5.92 Å². The first-order valence-corrected chi connectivity index (χ1v) is 8.38. The molecule has 0 saturated heterocycles. The maximum absolute atomic E-state index is 13.6. The lowest BCUT2D eigenvalue weighted by Crippen LogP contribution is -2.35. The molecule has 0 bridgehead atoms. The van der Waals surface area contributed by atoms with Crippen molar-refractivity contribution in [3.05, 3.63) is 71.3 Å². The third kappa shape index (κ3) is 5.37. The van der Waals surface area contributed by atoms with Crippen molar-refractivity contribution < 1.29 is 23.5 Å². The highest BCUT2D eigenvalue weighted by atomic mass is 19.1. The summed E-state index contributed by atoms with van der Waals surface area (Å²) in [6.45, 7) is 1.62. The molecule has 0 fully saturated rings. The predicted molar refractivity (Wildman–Crippen MR) is 93.7 cm³/mol. The maximum Gasteiger partial charge on any atom is 0.312 e. The van der Waals surface area contributed by atoms with Gasteiger partial charge in [-0.05, 0) is 42.2 Å². The number of hydrogen-bond donors (Lipinski definition) is 2. The Kier molecular flexibility index (Phi) is 6.83. The first kappa shape index (κ1) is 19.6. The van der Waals surface area contributed by atoms with Crippen LogP contribution in [0.3, 0.4) is 0 Å². The lowest BCUT2D eigenvalue weighted by Gasteiger charge is -2.17. The van der Waals surface area contributed by atoms with Crippen LogP contribution < -0.4 is 5.32 Å². The van der Waals surface area contributed by atoms with Gasteiger partial charge < -0.3 is 10.4 Å². The van der Waals surface area contributed by atoms with Crippen LogP contribution in [0.1, 0.15) is 30.4 Å². The second kappa shape index (κ2) is 9.08. The molecule has 2 aromatic rings. The highest BCUT2D eigenvalue weighted by Crippen LogP contribution is 2.17. The van der Waals surface area contributed by atoms with Gasteiger partial charge in [0.2, 0.25) is 5.91 Å². The minimum atomic E-state index is -1.10. The number of nitrogens with one attached hydrogen (secondary N) is 1. The Hall–Kier alpha value is -2.76. The smallest absolute Gasteiger partial charge is 0.312 e. The molecule has 6 heteroatoms. The zero-order valence-electron chi connectivity index (χ0n) is 14.4. The second-order valence-corrected chi connectivity index (χ2v) is 6.22. The van der Waals surface area contributed by atoms with E-state index in [2.05, 4.69) is 5.32 Å².